The predicted molar refractivity (Wildman–Crippen MR) is 84.4 cm³/mol. The molecule has 9 heteroatoms. The number of ether oxygens (including phenoxy) is 2. The Morgan fingerprint density at radius 2 is 2.17 bits per heavy atom. The van der Waals surface area contributed by atoms with Gasteiger partial charge in [-0.2, -0.15) is 0 Å². The molecular formula is C15H24F2N4O3. The highest BCUT2D eigenvalue weighted by Gasteiger charge is 2.23. The molecule has 1 aliphatic heterocycles. The third kappa shape index (κ3) is 5.72. The lowest BCUT2D eigenvalue weighted by Gasteiger charge is -2.31. The maximum Gasteiger partial charge on any atom is 0.261 e. The second-order valence-corrected chi connectivity index (χ2v) is 5.70. The third-order valence-electron chi connectivity index (χ3n) is 3.71. The number of hydrogen-bond donors (Lipinski definition) is 1. The van der Waals surface area contributed by atoms with Gasteiger partial charge in [0.2, 0.25) is 5.91 Å². The number of halogens is 2. The Hall–Kier alpha value is -1.74. The summed E-state index contributed by atoms with van der Waals surface area (Å²) in [6.07, 6.45) is 0.399. The number of nitrogens with zero attached hydrogens (tertiary/aromatic N) is 3. The Kier molecular flexibility index (Phi) is 6.92. The van der Waals surface area contributed by atoms with Crippen molar-refractivity contribution in [1.29, 1.82) is 0 Å². The molecular weight excluding hydrogens is 322 g/mol. The Bertz CT molecular complexity index is 531. The number of likely N-dealkylation sites (tertiary alicyclic amines) is 1. The molecule has 0 spiro atoms. The van der Waals surface area contributed by atoms with Gasteiger partial charge in [0.1, 0.15) is 12.3 Å². The van der Waals surface area contributed by atoms with Crippen LogP contribution in [0.25, 0.3) is 0 Å². The first-order chi connectivity index (χ1) is 11.5. The van der Waals surface area contributed by atoms with Crippen molar-refractivity contribution in [2.75, 3.05) is 38.2 Å². The summed E-state index contributed by atoms with van der Waals surface area (Å²) in [5.41, 5.74) is 0.541. The van der Waals surface area contributed by atoms with Crippen LogP contribution in [0.4, 0.5) is 14.5 Å². The van der Waals surface area contributed by atoms with E-state index < -0.39 is 13.0 Å². The number of amides is 1. The van der Waals surface area contributed by atoms with Crippen molar-refractivity contribution in [3.63, 3.8) is 0 Å². The molecule has 0 unspecified atom stereocenters. The average Bonchev–Trinajstić information content (AvgIpc) is 2.86. The van der Waals surface area contributed by atoms with Gasteiger partial charge < -0.3 is 14.8 Å². The molecule has 0 atom stereocenters. The average molecular weight is 346 g/mol. The van der Waals surface area contributed by atoms with Gasteiger partial charge in [-0.1, -0.05) is 0 Å². The molecule has 0 bridgehead atoms. The second-order valence-electron chi connectivity index (χ2n) is 5.70. The van der Waals surface area contributed by atoms with Crippen molar-refractivity contribution in [1.82, 2.24) is 14.7 Å². The molecule has 0 saturated carbocycles. The molecule has 1 amide bonds. The van der Waals surface area contributed by atoms with Gasteiger partial charge >= 0.3 is 0 Å². The summed E-state index contributed by atoms with van der Waals surface area (Å²) in [7, 11) is 1.75. The molecule has 1 aliphatic rings. The topological polar surface area (TPSA) is 68.6 Å². The van der Waals surface area contributed by atoms with Crippen LogP contribution >= 0.6 is 0 Å². The first kappa shape index (κ1) is 18.6. The summed E-state index contributed by atoms with van der Waals surface area (Å²) < 4.78 is 36.3. The van der Waals surface area contributed by atoms with E-state index in [2.05, 4.69) is 10.4 Å². The summed E-state index contributed by atoms with van der Waals surface area (Å²) in [4.78, 5) is 14.1. The molecule has 0 aromatic carbocycles. The summed E-state index contributed by atoms with van der Waals surface area (Å²) >= 11 is 0. The quantitative estimate of drug-likeness (QED) is 0.773. The van der Waals surface area contributed by atoms with Gasteiger partial charge in [0, 0.05) is 20.1 Å². The van der Waals surface area contributed by atoms with Crippen molar-refractivity contribution in [3.8, 4) is 5.88 Å². The van der Waals surface area contributed by atoms with E-state index >= 15 is 0 Å². The van der Waals surface area contributed by atoms with Gasteiger partial charge in [-0.15, -0.1) is 5.10 Å². The van der Waals surface area contributed by atoms with Crippen LogP contribution in [-0.2, 0) is 16.6 Å². The normalized spacial score (nSPS) is 16.5. The number of carbonyl (C=O) groups excluding carboxylic acids is 1. The number of carbonyl (C=O) groups is 1. The Balaban J connectivity index is 1.76. The van der Waals surface area contributed by atoms with Crippen LogP contribution < -0.4 is 10.1 Å². The minimum absolute atomic E-state index is 0.152. The van der Waals surface area contributed by atoms with Crippen molar-refractivity contribution in [2.24, 2.45) is 7.05 Å². The van der Waals surface area contributed by atoms with Crippen LogP contribution in [0.5, 0.6) is 5.88 Å². The Morgan fingerprint density at radius 1 is 1.46 bits per heavy atom. The fourth-order valence-electron chi connectivity index (χ4n) is 2.63. The first-order valence-corrected chi connectivity index (χ1v) is 8.06. The molecule has 1 aromatic heterocycles. The smallest absolute Gasteiger partial charge is 0.261 e. The predicted octanol–water partition coefficient (Wildman–Crippen LogP) is 1.50. The standard InChI is InChI=1S/C15H24F2N4O3/c1-3-23-15-12(8-20(2)19-15)18-14(22)9-21-6-4-11(5-7-21)24-10-13(16)17/h8,11,13H,3-7,9-10H2,1-2H3,(H,18,22). The van der Waals surface area contributed by atoms with Crippen LogP contribution in [-0.4, -0.2) is 66.0 Å². The van der Waals surface area contributed by atoms with E-state index in [1.807, 2.05) is 11.8 Å². The zero-order valence-electron chi connectivity index (χ0n) is 14.0. The largest absolute Gasteiger partial charge is 0.475 e. The molecule has 2 rings (SSSR count). The monoisotopic (exact) mass is 346 g/mol. The second kappa shape index (κ2) is 8.93. The van der Waals surface area contributed by atoms with E-state index in [0.717, 1.165) is 0 Å². The van der Waals surface area contributed by atoms with Crippen LogP contribution in [0.3, 0.4) is 0 Å². The van der Waals surface area contributed by atoms with Gasteiger partial charge in [0.15, 0.2) is 0 Å². The van der Waals surface area contributed by atoms with Gasteiger partial charge in [0.05, 0.1) is 25.5 Å². The Morgan fingerprint density at radius 3 is 2.79 bits per heavy atom. The fourth-order valence-corrected chi connectivity index (χ4v) is 2.63. The lowest BCUT2D eigenvalue weighted by atomic mass is 10.1. The number of piperidine rings is 1. The van der Waals surface area contributed by atoms with Crippen LogP contribution in [0.1, 0.15) is 19.8 Å². The van der Waals surface area contributed by atoms with Crippen molar-refractivity contribution in [3.05, 3.63) is 6.20 Å². The summed E-state index contributed by atoms with van der Waals surface area (Å²) in [5.74, 6) is 0.239. The maximum atomic E-state index is 12.2. The highest BCUT2D eigenvalue weighted by Crippen LogP contribution is 2.22. The van der Waals surface area contributed by atoms with Crippen molar-refractivity contribution >= 4 is 11.6 Å². The van der Waals surface area contributed by atoms with Crippen LogP contribution in [0.2, 0.25) is 0 Å². The van der Waals surface area contributed by atoms with E-state index in [9.17, 15) is 13.6 Å². The Labute approximate surface area is 139 Å². The highest BCUT2D eigenvalue weighted by atomic mass is 19.3. The van der Waals surface area contributed by atoms with E-state index in [-0.39, 0.29) is 18.6 Å². The molecule has 7 nitrogen and oxygen atoms in total. The number of nitrogens with one attached hydrogen (secondary N) is 1. The molecule has 136 valence electrons. The highest BCUT2D eigenvalue weighted by molar-refractivity contribution is 5.93. The molecule has 1 fully saturated rings. The number of rotatable bonds is 8. The summed E-state index contributed by atoms with van der Waals surface area (Å²) in [6, 6.07) is 0. The van der Waals surface area contributed by atoms with Gasteiger partial charge in [-0.25, -0.2) is 8.78 Å². The first-order valence-electron chi connectivity index (χ1n) is 8.06. The van der Waals surface area contributed by atoms with E-state index in [0.29, 0.717) is 44.1 Å². The maximum absolute atomic E-state index is 12.2. The van der Waals surface area contributed by atoms with Crippen molar-refractivity contribution < 1.29 is 23.0 Å². The number of aryl methyl sites for hydroxylation is 1. The summed E-state index contributed by atoms with van der Waals surface area (Å²) in [5, 5.41) is 6.93. The zero-order chi connectivity index (χ0) is 17.5. The minimum Gasteiger partial charge on any atom is -0.475 e. The summed E-state index contributed by atoms with van der Waals surface area (Å²) in [6.45, 7) is 3.32. The zero-order valence-corrected chi connectivity index (χ0v) is 14.0. The lowest BCUT2D eigenvalue weighted by Crippen LogP contribution is -2.41. The number of alkyl halides is 2. The molecule has 2 heterocycles. The molecule has 0 radical (unpaired) electrons. The van der Waals surface area contributed by atoms with Gasteiger partial charge in [-0.05, 0) is 19.8 Å². The van der Waals surface area contributed by atoms with Gasteiger partial charge in [0.25, 0.3) is 12.3 Å². The minimum atomic E-state index is -2.44. The van der Waals surface area contributed by atoms with E-state index in [4.69, 9.17) is 9.47 Å². The third-order valence-corrected chi connectivity index (χ3v) is 3.71. The number of hydrogen-bond acceptors (Lipinski definition) is 5. The molecule has 0 aliphatic carbocycles. The fraction of sp³-hybridized carbons (Fsp3) is 0.733. The molecule has 24 heavy (non-hydrogen) atoms. The van der Waals surface area contributed by atoms with Gasteiger partial charge in [-0.3, -0.25) is 14.4 Å². The van der Waals surface area contributed by atoms with Crippen LogP contribution in [0, 0.1) is 0 Å². The molecule has 1 N–H and O–H groups in total. The van der Waals surface area contributed by atoms with E-state index in [1.54, 1.807) is 17.9 Å². The van der Waals surface area contributed by atoms with Crippen LogP contribution in [0.15, 0.2) is 6.20 Å². The molecule has 1 saturated heterocycles. The number of aromatic nitrogens is 2. The van der Waals surface area contributed by atoms with E-state index in [1.165, 1.54) is 0 Å². The SMILES string of the molecule is CCOc1nn(C)cc1NC(=O)CN1CCC(OCC(F)F)CC1. The lowest BCUT2D eigenvalue weighted by molar-refractivity contribution is -0.118. The number of anilines is 1. The molecule has 1 aromatic rings. The van der Waals surface area contributed by atoms with Crippen molar-refractivity contribution in [2.45, 2.75) is 32.3 Å².